The fraction of sp³-hybridized carbons (Fsp3) is 0.200. The Bertz CT molecular complexity index is 1160. The highest BCUT2D eigenvalue weighted by molar-refractivity contribution is 8.38. The normalized spacial score (nSPS) is 13.0. The molecule has 0 aliphatic heterocycles. The Morgan fingerprint density at radius 2 is 1.22 bits per heavy atom. The van der Waals surface area contributed by atoms with Crippen molar-refractivity contribution in [2.75, 3.05) is 6.16 Å². The molecule has 4 rings (SSSR count). The van der Waals surface area contributed by atoms with Crippen LogP contribution in [0.25, 0.3) is 11.1 Å². The summed E-state index contributed by atoms with van der Waals surface area (Å²) in [4.78, 5) is 0. The zero-order chi connectivity index (χ0) is 22.5. The van der Waals surface area contributed by atoms with E-state index in [4.69, 9.17) is 0 Å². The average molecular weight is 455 g/mol. The van der Waals surface area contributed by atoms with E-state index in [1.807, 2.05) is 0 Å². The minimum Gasteiger partial charge on any atom is -0.0622 e. The number of aryl methyl sites for hydroxylation is 3. The zero-order valence-corrected chi connectivity index (χ0v) is 21.3. The Labute approximate surface area is 196 Å². The van der Waals surface area contributed by atoms with Crippen molar-refractivity contribution in [2.24, 2.45) is 0 Å². The fourth-order valence-electron chi connectivity index (χ4n) is 4.36. The van der Waals surface area contributed by atoms with Crippen LogP contribution in [0, 0.1) is 13.8 Å². The van der Waals surface area contributed by atoms with Crippen LogP contribution in [0.1, 0.15) is 30.5 Å². The highest BCUT2D eigenvalue weighted by Crippen LogP contribution is 2.67. The molecule has 0 saturated heterocycles. The first-order chi connectivity index (χ1) is 15.6. The number of rotatable bonds is 7. The van der Waals surface area contributed by atoms with Crippen LogP contribution in [-0.4, -0.2) is 6.16 Å². The molecule has 0 bridgehead atoms. The molecule has 0 radical (unpaired) electrons. The molecular weight excluding hydrogens is 422 g/mol. The van der Waals surface area contributed by atoms with Crippen molar-refractivity contribution in [3.8, 4) is 11.1 Å². The van der Waals surface area contributed by atoms with Crippen LogP contribution in [0.3, 0.4) is 0 Å². The second kappa shape index (κ2) is 10.6. The van der Waals surface area contributed by atoms with Crippen molar-refractivity contribution in [3.05, 3.63) is 114 Å². The van der Waals surface area contributed by atoms with E-state index in [0.717, 1.165) is 6.42 Å². The Balaban J connectivity index is 1.92. The van der Waals surface area contributed by atoms with Gasteiger partial charge < -0.3 is 0 Å². The third kappa shape index (κ3) is 4.73. The van der Waals surface area contributed by atoms with Crippen molar-refractivity contribution in [1.82, 2.24) is 0 Å². The summed E-state index contributed by atoms with van der Waals surface area (Å²) in [6.45, 7) is 9.13. The molecule has 2 atom stereocenters. The van der Waals surface area contributed by atoms with Gasteiger partial charge in [0.1, 0.15) is 0 Å². The lowest BCUT2D eigenvalue weighted by Gasteiger charge is -2.31. The van der Waals surface area contributed by atoms with Gasteiger partial charge in [0.2, 0.25) is 0 Å². The Kier molecular flexibility index (Phi) is 7.57. The van der Waals surface area contributed by atoms with Crippen LogP contribution >= 0.6 is 15.2 Å². The molecule has 4 aromatic rings. The van der Waals surface area contributed by atoms with Crippen molar-refractivity contribution in [1.29, 1.82) is 0 Å². The smallest absolute Gasteiger partial charge is 0.00713 e. The maximum atomic E-state index is 2.41. The van der Waals surface area contributed by atoms with Gasteiger partial charge in [-0.2, -0.15) is 0 Å². The maximum Gasteiger partial charge on any atom is -0.00713 e. The monoisotopic (exact) mass is 454 g/mol. The van der Waals surface area contributed by atoms with E-state index in [-0.39, 0.29) is 0 Å². The van der Waals surface area contributed by atoms with E-state index in [1.54, 1.807) is 5.30 Å². The molecule has 162 valence electrons. The molecule has 32 heavy (non-hydrogen) atoms. The van der Waals surface area contributed by atoms with Crippen molar-refractivity contribution >= 4 is 31.1 Å². The molecule has 2 heteroatoms. The van der Waals surface area contributed by atoms with Crippen LogP contribution in [0.4, 0.5) is 0 Å². The molecule has 0 saturated carbocycles. The van der Waals surface area contributed by atoms with Crippen LogP contribution in [-0.2, 0) is 6.42 Å². The SMILES string of the molecule is CCc1ccc([P@@](c2ccccc2)P(CC)c2cccc(C)c2-c2ccccc2C)cc1. The summed E-state index contributed by atoms with van der Waals surface area (Å²) in [5.41, 5.74) is 6.97. The zero-order valence-electron chi connectivity index (χ0n) is 19.5. The van der Waals surface area contributed by atoms with Gasteiger partial charge >= 0.3 is 0 Å². The quantitative estimate of drug-likeness (QED) is 0.251. The lowest BCUT2D eigenvalue weighted by atomic mass is 9.97. The summed E-state index contributed by atoms with van der Waals surface area (Å²) in [6, 6.07) is 36.5. The molecule has 0 aromatic heterocycles. The van der Waals surface area contributed by atoms with Crippen LogP contribution in [0.5, 0.6) is 0 Å². The molecule has 0 heterocycles. The van der Waals surface area contributed by atoms with Gasteiger partial charge in [-0.05, 0) is 85.4 Å². The molecule has 0 spiro atoms. The van der Waals surface area contributed by atoms with Gasteiger partial charge in [0.25, 0.3) is 0 Å². The minimum absolute atomic E-state index is 0.392. The third-order valence-electron chi connectivity index (χ3n) is 6.07. The van der Waals surface area contributed by atoms with Crippen LogP contribution in [0.2, 0.25) is 0 Å². The van der Waals surface area contributed by atoms with E-state index in [2.05, 4.69) is 125 Å². The first kappa shape index (κ1) is 22.9. The van der Waals surface area contributed by atoms with Crippen LogP contribution < -0.4 is 15.9 Å². The molecule has 0 N–H and O–H groups in total. The minimum atomic E-state index is -0.472. The van der Waals surface area contributed by atoms with E-state index >= 15 is 0 Å². The van der Waals surface area contributed by atoms with Gasteiger partial charge in [0.15, 0.2) is 0 Å². The number of hydrogen-bond acceptors (Lipinski definition) is 0. The van der Waals surface area contributed by atoms with Gasteiger partial charge in [0, 0.05) is 0 Å². The first-order valence-electron chi connectivity index (χ1n) is 11.5. The van der Waals surface area contributed by atoms with Gasteiger partial charge in [-0.1, -0.05) is 111 Å². The van der Waals surface area contributed by atoms with Gasteiger partial charge in [0.05, 0.1) is 0 Å². The predicted molar refractivity (Wildman–Crippen MR) is 147 cm³/mol. The summed E-state index contributed by atoms with van der Waals surface area (Å²) >= 11 is 0. The largest absolute Gasteiger partial charge is 0.0622 e. The summed E-state index contributed by atoms with van der Waals surface area (Å²) in [5.74, 6) is 0. The van der Waals surface area contributed by atoms with Gasteiger partial charge in [-0.25, -0.2) is 0 Å². The molecule has 0 nitrogen and oxygen atoms in total. The summed E-state index contributed by atoms with van der Waals surface area (Å²) in [6.07, 6.45) is 2.26. The highest BCUT2D eigenvalue weighted by Gasteiger charge is 2.27. The standard InChI is InChI=1S/C30H32P2/c1-5-25-19-21-27(22-20-25)32(26-15-8-7-9-16-26)31(6-2)29-18-12-14-24(4)30(29)28-17-11-10-13-23(28)3/h7-22H,5-6H2,1-4H3/t31?,32-/m1/s1. The van der Waals surface area contributed by atoms with E-state index in [9.17, 15) is 0 Å². The second-order valence-electron chi connectivity index (χ2n) is 8.17. The molecule has 0 fully saturated rings. The molecule has 0 aliphatic carbocycles. The lowest BCUT2D eigenvalue weighted by molar-refractivity contribution is 1.14. The number of benzene rings is 4. The maximum absolute atomic E-state index is 2.41. The lowest BCUT2D eigenvalue weighted by Crippen LogP contribution is -2.17. The van der Waals surface area contributed by atoms with Crippen LogP contribution in [0.15, 0.2) is 97.1 Å². The summed E-state index contributed by atoms with van der Waals surface area (Å²) < 4.78 is 0. The molecular formula is C30H32P2. The molecule has 4 aromatic carbocycles. The fourth-order valence-corrected chi connectivity index (χ4v) is 12.2. The Morgan fingerprint density at radius 3 is 1.88 bits per heavy atom. The molecule has 0 aliphatic rings. The molecule has 0 amide bonds. The molecule has 1 unspecified atom stereocenters. The van der Waals surface area contributed by atoms with E-state index < -0.39 is 15.2 Å². The van der Waals surface area contributed by atoms with Crippen molar-refractivity contribution < 1.29 is 0 Å². The highest BCUT2D eigenvalue weighted by atomic mass is 32.1. The Hall–Kier alpha value is -2.26. The third-order valence-corrected chi connectivity index (χ3v) is 14.0. The van der Waals surface area contributed by atoms with Crippen molar-refractivity contribution in [2.45, 2.75) is 34.1 Å². The van der Waals surface area contributed by atoms with Gasteiger partial charge in [-0.3, -0.25) is 0 Å². The summed E-state index contributed by atoms with van der Waals surface area (Å²) in [5, 5.41) is 4.52. The number of hydrogen-bond donors (Lipinski definition) is 0. The topological polar surface area (TPSA) is 0 Å². The van der Waals surface area contributed by atoms with E-state index in [0.29, 0.717) is 0 Å². The average Bonchev–Trinajstić information content (AvgIpc) is 2.84. The van der Waals surface area contributed by atoms with E-state index in [1.165, 1.54) is 44.6 Å². The van der Waals surface area contributed by atoms with Gasteiger partial charge in [-0.15, -0.1) is 0 Å². The van der Waals surface area contributed by atoms with Crippen molar-refractivity contribution in [3.63, 3.8) is 0 Å². The first-order valence-corrected chi connectivity index (χ1v) is 15.1. The second-order valence-corrected chi connectivity index (χ2v) is 14.4. The Morgan fingerprint density at radius 1 is 0.594 bits per heavy atom. The predicted octanol–water partition coefficient (Wildman–Crippen LogP) is 7.71. The summed E-state index contributed by atoms with van der Waals surface area (Å²) in [7, 11) is -0.863.